The van der Waals surface area contributed by atoms with Gasteiger partial charge in [0.15, 0.2) is 0 Å². The molecule has 0 heterocycles. The summed E-state index contributed by atoms with van der Waals surface area (Å²) in [5.41, 5.74) is -0.153. The van der Waals surface area contributed by atoms with Crippen LogP contribution in [0.25, 0.3) is 0 Å². The Morgan fingerprint density at radius 2 is 1.30 bits per heavy atom. The van der Waals surface area contributed by atoms with E-state index in [0.717, 1.165) is 13.0 Å². The van der Waals surface area contributed by atoms with Crippen LogP contribution in [-0.4, -0.2) is 5.92 Å². The summed E-state index contributed by atoms with van der Waals surface area (Å²) in [5, 5.41) is 0. The van der Waals surface area contributed by atoms with E-state index in [9.17, 15) is 8.78 Å². The Kier molecular flexibility index (Phi) is 2.58. The fraction of sp³-hybridized carbons (Fsp3) is 0.750. The molecule has 2 heteroatoms. The molecule has 0 saturated carbocycles. The third-order valence-corrected chi connectivity index (χ3v) is 0.876. The third kappa shape index (κ3) is 7.60. The molecule has 0 rings (SSSR count). The number of rotatable bonds is 1. The molecule has 10 heavy (non-hydrogen) atoms. The zero-order chi connectivity index (χ0) is 8.41. The van der Waals surface area contributed by atoms with E-state index in [0.29, 0.717) is 0 Å². The molecule has 0 N–H and O–H groups in total. The Morgan fingerprint density at radius 1 is 0.900 bits per heavy atom. The smallest absolute Gasteiger partial charge is 0.202 e. The zero-order valence-electron chi connectivity index (χ0n) is 6.91. The monoisotopic (exact) mass is 148 g/mol. The minimum absolute atomic E-state index is 0.153. The van der Waals surface area contributed by atoms with E-state index in [4.69, 9.17) is 0 Å². The van der Waals surface area contributed by atoms with Gasteiger partial charge in [0.2, 0.25) is 0 Å². The highest BCUT2D eigenvalue weighted by molar-refractivity contribution is 4.98. The number of hydrogen-bond acceptors (Lipinski definition) is 0. The van der Waals surface area contributed by atoms with Crippen molar-refractivity contribution in [2.45, 2.75) is 33.6 Å². The molecule has 0 spiro atoms. The molecule has 0 aromatic carbocycles. The van der Waals surface area contributed by atoms with Crippen molar-refractivity contribution in [1.29, 1.82) is 0 Å². The lowest BCUT2D eigenvalue weighted by Gasteiger charge is -2.12. The van der Waals surface area contributed by atoms with Crippen molar-refractivity contribution < 1.29 is 8.78 Å². The maximum absolute atomic E-state index is 12.2. The molecule has 0 amide bonds. The SMILES string of the molecule is CC(C)(C)/C=C/C(C)(F)F. The van der Waals surface area contributed by atoms with Crippen molar-refractivity contribution in [2.75, 3.05) is 0 Å². The maximum atomic E-state index is 12.2. The first-order chi connectivity index (χ1) is 4.21. The van der Waals surface area contributed by atoms with Crippen molar-refractivity contribution in [3.63, 3.8) is 0 Å². The first kappa shape index (κ1) is 9.60. The van der Waals surface area contributed by atoms with E-state index >= 15 is 0 Å². The van der Waals surface area contributed by atoms with Crippen LogP contribution in [0, 0.1) is 5.41 Å². The lowest BCUT2D eigenvalue weighted by atomic mass is 9.96. The average Bonchev–Trinajstić information content (AvgIpc) is 1.57. The summed E-state index contributed by atoms with van der Waals surface area (Å²) in [5.74, 6) is -2.67. The molecule has 0 fully saturated rings. The van der Waals surface area contributed by atoms with Crippen molar-refractivity contribution in [3.05, 3.63) is 12.2 Å². The van der Waals surface area contributed by atoms with Crippen molar-refractivity contribution in [1.82, 2.24) is 0 Å². The summed E-state index contributed by atoms with van der Waals surface area (Å²) in [6.07, 6.45) is 2.46. The molecule has 0 unspecified atom stereocenters. The molecule has 0 bridgehead atoms. The van der Waals surface area contributed by atoms with E-state index in [2.05, 4.69) is 0 Å². The van der Waals surface area contributed by atoms with Crippen molar-refractivity contribution in [3.8, 4) is 0 Å². The summed E-state index contributed by atoms with van der Waals surface area (Å²) < 4.78 is 24.3. The van der Waals surface area contributed by atoms with Gasteiger partial charge in [-0.15, -0.1) is 0 Å². The Labute approximate surface area is 60.9 Å². The molecule has 0 aliphatic rings. The van der Waals surface area contributed by atoms with Gasteiger partial charge in [0.05, 0.1) is 0 Å². The summed E-state index contributed by atoms with van der Waals surface area (Å²) in [6.45, 7) is 6.54. The molecule has 0 aliphatic heterocycles. The van der Waals surface area contributed by atoms with Gasteiger partial charge in [0, 0.05) is 6.92 Å². The van der Waals surface area contributed by atoms with E-state index in [1.807, 2.05) is 20.8 Å². The van der Waals surface area contributed by atoms with Gasteiger partial charge in [-0.1, -0.05) is 26.8 Å². The van der Waals surface area contributed by atoms with Gasteiger partial charge in [-0.05, 0) is 11.5 Å². The molecular weight excluding hydrogens is 134 g/mol. The van der Waals surface area contributed by atoms with Crippen LogP contribution in [0.5, 0.6) is 0 Å². The molecule has 0 aliphatic carbocycles. The van der Waals surface area contributed by atoms with Crippen LogP contribution >= 0.6 is 0 Å². The maximum Gasteiger partial charge on any atom is 0.263 e. The largest absolute Gasteiger partial charge is 0.263 e. The van der Waals surface area contributed by atoms with Crippen LogP contribution in [-0.2, 0) is 0 Å². The van der Waals surface area contributed by atoms with Gasteiger partial charge >= 0.3 is 0 Å². The molecule has 0 atom stereocenters. The molecule has 0 saturated heterocycles. The van der Waals surface area contributed by atoms with E-state index in [1.165, 1.54) is 6.08 Å². The van der Waals surface area contributed by atoms with Crippen molar-refractivity contribution in [2.24, 2.45) is 5.41 Å². The molecule has 0 nitrogen and oxygen atoms in total. The molecule has 0 aromatic rings. The van der Waals surface area contributed by atoms with Crippen molar-refractivity contribution >= 4 is 0 Å². The number of alkyl halides is 2. The summed E-state index contributed by atoms with van der Waals surface area (Å²) >= 11 is 0. The highest BCUT2D eigenvalue weighted by Crippen LogP contribution is 2.20. The lowest BCUT2D eigenvalue weighted by Crippen LogP contribution is -2.07. The zero-order valence-corrected chi connectivity index (χ0v) is 6.91. The van der Waals surface area contributed by atoms with E-state index in [-0.39, 0.29) is 5.41 Å². The number of allylic oxidation sites excluding steroid dienone is 2. The van der Waals surface area contributed by atoms with Gasteiger partial charge in [-0.2, -0.15) is 0 Å². The summed E-state index contributed by atoms with van der Waals surface area (Å²) in [6, 6.07) is 0. The molecule has 0 radical (unpaired) electrons. The quantitative estimate of drug-likeness (QED) is 0.501. The first-order valence-corrected chi connectivity index (χ1v) is 3.29. The average molecular weight is 148 g/mol. The Bertz CT molecular complexity index is 107. The second kappa shape index (κ2) is 2.69. The molecule has 60 valence electrons. The van der Waals surface area contributed by atoms with Crippen LogP contribution in [0.3, 0.4) is 0 Å². The van der Waals surface area contributed by atoms with Crippen LogP contribution < -0.4 is 0 Å². The lowest BCUT2D eigenvalue weighted by molar-refractivity contribution is 0.0763. The molecular formula is C8H14F2. The summed E-state index contributed by atoms with van der Waals surface area (Å²) in [4.78, 5) is 0. The van der Waals surface area contributed by atoms with Crippen LogP contribution in [0.2, 0.25) is 0 Å². The minimum Gasteiger partial charge on any atom is -0.202 e. The second-order valence-electron chi connectivity index (χ2n) is 3.66. The van der Waals surface area contributed by atoms with Crippen LogP contribution in [0.4, 0.5) is 8.78 Å². The second-order valence-corrected chi connectivity index (χ2v) is 3.66. The van der Waals surface area contributed by atoms with Gasteiger partial charge in [-0.25, -0.2) is 8.78 Å². The van der Waals surface area contributed by atoms with E-state index < -0.39 is 5.92 Å². The fourth-order valence-electron chi connectivity index (χ4n) is 0.396. The number of halogens is 2. The van der Waals surface area contributed by atoms with Gasteiger partial charge in [0.1, 0.15) is 0 Å². The predicted molar refractivity (Wildman–Crippen MR) is 39.2 cm³/mol. The third-order valence-electron chi connectivity index (χ3n) is 0.876. The normalized spacial score (nSPS) is 14.6. The van der Waals surface area contributed by atoms with Gasteiger partial charge in [-0.3, -0.25) is 0 Å². The van der Waals surface area contributed by atoms with Crippen LogP contribution in [0.15, 0.2) is 12.2 Å². The Hall–Kier alpha value is -0.400. The highest BCUT2D eigenvalue weighted by Gasteiger charge is 2.17. The highest BCUT2D eigenvalue weighted by atomic mass is 19.3. The first-order valence-electron chi connectivity index (χ1n) is 3.29. The topological polar surface area (TPSA) is 0 Å². The van der Waals surface area contributed by atoms with Gasteiger partial charge in [0.25, 0.3) is 5.92 Å². The fourth-order valence-corrected chi connectivity index (χ4v) is 0.396. The predicted octanol–water partition coefficient (Wildman–Crippen LogP) is 3.24. The Balaban J connectivity index is 4.01. The summed E-state index contributed by atoms with van der Waals surface area (Å²) in [7, 11) is 0. The van der Waals surface area contributed by atoms with Crippen LogP contribution in [0.1, 0.15) is 27.7 Å². The minimum atomic E-state index is -2.67. The van der Waals surface area contributed by atoms with Gasteiger partial charge < -0.3 is 0 Å². The van der Waals surface area contributed by atoms with E-state index in [1.54, 1.807) is 0 Å². The molecule has 0 aromatic heterocycles. The number of hydrogen-bond donors (Lipinski definition) is 0. The Morgan fingerprint density at radius 3 is 1.40 bits per heavy atom. The standard InChI is InChI=1S/C8H14F2/c1-7(2,3)5-6-8(4,9)10/h5-6H,1-4H3/b6-5+.